The van der Waals surface area contributed by atoms with Crippen molar-refractivity contribution >= 4 is 23.2 Å². The molecular formula is C18H18N4O4S. The Bertz CT molecular complexity index is 950. The third-order valence-corrected chi connectivity index (χ3v) is 4.64. The second kappa shape index (κ2) is 8.54. The van der Waals surface area contributed by atoms with Crippen LogP contribution in [-0.4, -0.2) is 32.1 Å². The molecule has 3 aromatic rings. The lowest BCUT2D eigenvalue weighted by atomic mass is 10.1. The lowest BCUT2D eigenvalue weighted by Gasteiger charge is -2.06. The highest BCUT2D eigenvalue weighted by molar-refractivity contribution is 7.13. The number of nitrogens with one attached hydrogen (secondary N) is 1. The normalized spacial score (nSPS) is 10.7. The highest BCUT2D eigenvalue weighted by Crippen LogP contribution is 2.24. The zero-order valence-corrected chi connectivity index (χ0v) is 15.5. The summed E-state index contributed by atoms with van der Waals surface area (Å²) in [5.41, 5.74) is 1.77. The quantitative estimate of drug-likeness (QED) is 0.611. The van der Waals surface area contributed by atoms with Crippen LogP contribution in [0.25, 0.3) is 10.6 Å². The van der Waals surface area contributed by atoms with E-state index in [4.69, 9.17) is 9.63 Å². The number of carbonyl (C=O) groups excluding carboxylic acids is 1. The van der Waals surface area contributed by atoms with Gasteiger partial charge in [-0.25, -0.2) is 9.78 Å². The molecule has 2 N–H and O–H groups in total. The first-order valence-electron chi connectivity index (χ1n) is 8.35. The summed E-state index contributed by atoms with van der Waals surface area (Å²) in [4.78, 5) is 31.1. The van der Waals surface area contributed by atoms with Gasteiger partial charge < -0.3 is 14.9 Å². The van der Waals surface area contributed by atoms with E-state index >= 15 is 0 Å². The molecule has 140 valence electrons. The molecular weight excluding hydrogens is 368 g/mol. The fraction of sp³-hybridized carbons (Fsp3) is 0.278. The minimum absolute atomic E-state index is 0.0325. The Morgan fingerprint density at radius 1 is 1.30 bits per heavy atom. The fourth-order valence-corrected chi connectivity index (χ4v) is 3.24. The van der Waals surface area contributed by atoms with E-state index in [9.17, 15) is 9.59 Å². The van der Waals surface area contributed by atoms with Crippen molar-refractivity contribution in [3.63, 3.8) is 0 Å². The molecule has 8 nitrogen and oxygen atoms in total. The first kappa shape index (κ1) is 18.7. The summed E-state index contributed by atoms with van der Waals surface area (Å²) in [5.74, 6) is 0.0258. The molecule has 0 aliphatic rings. The van der Waals surface area contributed by atoms with Crippen molar-refractivity contribution < 1.29 is 19.2 Å². The van der Waals surface area contributed by atoms with E-state index in [1.807, 2.05) is 24.3 Å². The van der Waals surface area contributed by atoms with Gasteiger partial charge in [0.25, 0.3) is 0 Å². The molecule has 0 bridgehead atoms. The summed E-state index contributed by atoms with van der Waals surface area (Å²) in [7, 11) is 0. The van der Waals surface area contributed by atoms with Gasteiger partial charge in [-0.2, -0.15) is 4.98 Å². The average molecular weight is 386 g/mol. The molecule has 0 radical (unpaired) electrons. The summed E-state index contributed by atoms with van der Waals surface area (Å²) in [6, 6.07) is 7.52. The Morgan fingerprint density at radius 3 is 2.85 bits per heavy atom. The van der Waals surface area contributed by atoms with E-state index < -0.39 is 5.97 Å². The molecule has 0 fully saturated rings. The lowest BCUT2D eigenvalue weighted by molar-refractivity contribution is -0.121. The van der Waals surface area contributed by atoms with Crippen LogP contribution in [0.2, 0.25) is 0 Å². The van der Waals surface area contributed by atoms with Gasteiger partial charge in [-0.15, -0.1) is 11.3 Å². The van der Waals surface area contributed by atoms with Crippen LogP contribution in [0.1, 0.15) is 40.6 Å². The third-order valence-electron chi connectivity index (χ3n) is 3.75. The highest BCUT2D eigenvalue weighted by atomic mass is 32.1. The summed E-state index contributed by atoms with van der Waals surface area (Å²) < 4.78 is 5.01. The number of aryl methyl sites for hydroxylation is 2. The molecule has 0 spiro atoms. The molecule has 9 heteroatoms. The van der Waals surface area contributed by atoms with Gasteiger partial charge in [0.15, 0.2) is 11.5 Å². The molecule has 2 heterocycles. The number of hydrogen-bond acceptors (Lipinski definition) is 7. The number of hydrogen-bond donors (Lipinski definition) is 2. The zero-order valence-electron chi connectivity index (χ0n) is 14.6. The van der Waals surface area contributed by atoms with Crippen molar-refractivity contribution in [2.45, 2.75) is 32.7 Å². The molecule has 0 atom stereocenters. The Kier molecular flexibility index (Phi) is 5.92. The van der Waals surface area contributed by atoms with Crippen LogP contribution in [0, 0.1) is 6.92 Å². The minimum atomic E-state index is -1.04. The monoisotopic (exact) mass is 386 g/mol. The predicted octanol–water partition coefficient (Wildman–Crippen LogP) is 2.84. The van der Waals surface area contributed by atoms with Gasteiger partial charge in [-0.05, 0) is 25.0 Å². The molecule has 2 aromatic heterocycles. The molecule has 0 saturated carbocycles. The number of carboxylic acid groups (broad SMARTS) is 1. The molecule has 0 aliphatic carbocycles. The van der Waals surface area contributed by atoms with Gasteiger partial charge in [-0.1, -0.05) is 23.4 Å². The largest absolute Gasteiger partial charge is 0.476 e. The Balaban J connectivity index is 1.50. The van der Waals surface area contributed by atoms with Gasteiger partial charge in [0.2, 0.25) is 11.8 Å². The number of thiazole rings is 1. The van der Waals surface area contributed by atoms with Crippen molar-refractivity contribution in [3.8, 4) is 10.6 Å². The minimum Gasteiger partial charge on any atom is -0.476 e. The average Bonchev–Trinajstić information content (AvgIpc) is 3.30. The second-order valence-electron chi connectivity index (χ2n) is 5.91. The van der Waals surface area contributed by atoms with Crippen molar-refractivity contribution in [1.29, 1.82) is 0 Å². The number of benzene rings is 1. The van der Waals surface area contributed by atoms with Gasteiger partial charge in [-0.3, -0.25) is 4.79 Å². The van der Waals surface area contributed by atoms with Crippen LogP contribution in [0.5, 0.6) is 0 Å². The van der Waals surface area contributed by atoms with E-state index in [0.29, 0.717) is 42.5 Å². The molecule has 1 aromatic carbocycles. The number of carbonyl (C=O) groups is 2. The smallest absolute Gasteiger partial charge is 0.355 e. The SMILES string of the molecule is Cc1noc(CCCC(=O)NCc2cccc(-c3nc(C(=O)O)cs3)c2)n1. The van der Waals surface area contributed by atoms with E-state index in [0.717, 1.165) is 11.1 Å². The van der Waals surface area contributed by atoms with Crippen LogP contribution >= 0.6 is 11.3 Å². The van der Waals surface area contributed by atoms with Crippen LogP contribution in [0.4, 0.5) is 0 Å². The highest BCUT2D eigenvalue weighted by Gasteiger charge is 2.11. The van der Waals surface area contributed by atoms with Crippen molar-refractivity contribution in [3.05, 3.63) is 52.6 Å². The Hall–Kier alpha value is -3.07. The van der Waals surface area contributed by atoms with E-state index in [2.05, 4.69) is 20.4 Å². The number of amides is 1. The zero-order chi connectivity index (χ0) is 19.2. The first-order chi connectivity index (χ1) is 13.0. The summed E-state index contributed by atoms with van der Waals surface area (Å²) in [5, 5.41) is 17.7. The summed E-state index contributed by atoms with van der Waals surface area (Å²) in [6.07, 6.45) is 1.57. The number of aromatic nitrogens is 3. The number of rotatable bonds is 8. The maximum atomic E-state index is 12.0. The number of nitrogens with zero attached hydrogens (tertiary/aromatic N) is 3. The molecule has 3 rings (SSSR count). The van der Waals surface area contributed by atoms with Gasteiger partial charge >= 0.3 is 5.97 Å². The maximum Gasteiger partial charge on any atom is 0.355 e. The van der Waals surface area contributed by atoms with Crippen LogP contribution < -0.4 is 5.32 Å². The van der Waals surface area contributed by atoms with Crippen molar-refractivity contribution in [1.82, 2.24) is 20.4 Å². The standard InChI is InChI=1S/C18H18N4O4S/c1-11-20-16(26-22-11)7-3-6-15(23)19-9-12-4-2-5-13(8-12)17-21-14(10-27-17)18(24)25/h2,4-5,8,10H,3,6-7,9H2,1H3,(H,19,23)(H,24,25). The van der Waals surface area contributed by atoms with Crippen molar-refractivity contribution in [2.24, 2.45) is 0 Å². The molecule has 0 saturated heterocycles. The molecule has 0 aliphatic heterocycles. The molecule has 0 unspecified atom stereocenters. The Morgan fingerprint density at radius 2 is 2.15 bits per heavy atom. The van der Waals surface area contributed by atoms with E-state index in [1.54, 1.807) is 6.92 Å². The molecule has 27 heavy (non-hydrogen) atoms. The lowest BCUT2D eigenvalue weighted by Crippen LogP contribution is -2.22. The number of aromatic carboxylic acids is 1. The Labute approximate surface area is 159 Å². The maximum absolute atomic E-state index is 12.0. The van der Waals surface area contributed by atoms with Gasteiger partial charge in [0, 0.05) is 30.3 Å². The summed E-state index contributed by atoms with van der Waals surface area (Å²) >= 11 is 1.28. The third kappa shape index (κ3) is 5.20. The molecule has 1 amide bonds. The number of carboxylic acids is 1. The second-order valence-corrected chi connectivity index (χ2v) is 6.77. The van der Waals surface area contributed by atoms with Crippen LogP contribution in [0.15, 0.2) is 34.2 Å². The summed E-state index contributed by atoms with van der Waals surface area (Å²) in [6.45, 7) is 2.14. The van der Waals surface area contributed by atoms with Gasteiger partial charge in [0.05, 0.1) is 0 Å². The van der Waals surface area contributed by atoms with E-state index in [-0.39, 0.29) is 11.6 Å². The first-order valence-corrected chi connectivity index (χ1v) is 9.23. The predicted molar refractivity (Wildman–Crippen MR) is 98.3 cm³/mol. The van der Waals surface area contributed by atoms with E-state index in [1.165, 1.54) is 16.7 Å². The fourth-order valence-electron chi connectivity index (χ4n) is 2.45. The van der Waals surface area contributed by atoms with Crippen LogP contribution in [-0.2, 0) is 17.8 Å². The van der Waals surface area contributed by atoms with Crippen LogP contribution in [0.3, 0.4) is 0 Å². The van der Waals surface area contributed by atoms with Gasteiger partial charge in [0.1, 0.15) is 5.01 Å². The van der Waals surface area contributed by atoms with Crippen molar-refractivity contribution in [2.75, 3.05) is 0 Å². The topological polar surface area (TPSA) is 118 Å².